The van der Waals surface area contributed by atoms with E-state index < -0.39 is 6.04 Å². The highest BCUT2D eigenvalue weighted by molar-refractivity contribution is 7.13. The van der Waals surface area contributed by atoms with Crippen LogP contribution in [0.2, 0.25) is 0 Å². The van der Waals surface area contributed by atoms with Crippen molar-refractivity contribution in [3.8, 4) is 0 Å². The van der Waals surface area contributed by atoms with Crippen LogP contribution in [-0.2, 0) is 0 Å². The normalized spacial score (nSPS) is 16.1. The van der Waals surface area contributed by atoms with Crippen LogP contribution in [0.25, 0.3) is 11.0 Å². The third-order valence-electron chi connectivity index (χ3n) is 4.67. The first-order valence-corrected chi connectivity index (χ1v) is 9.23. The second-order valence-corrected chi connectivity index (χ2v) is 7.22. The molecule has 7 heteroatoms. The molecule has 0 radical (unpaired) electrons. The predicted octanol–water partition coefficient (Wildman–Crippen LogP) is 3.70. The van der Waals surface area contributed by atoms with Gasteiger partial charge in [-0.3, -0.25) is 19.5 Å². The number of anilines is 1. The second kappa shape index (κ2) is 5.85. The van der Waals surface area contributed by atoms with Gasteiger partial charge in [0.1, 0.15) is 5.58 Å². The van der Waals surface area contributed by atoms with Crippen LogP contribution in [0.1, 0.15) is 33.3 Å². The minimum Gasteiger partial charge on any atom is -0.450 e. The van der Waals surface area contributed by atoms with Gasteiger partial charge in [0.15, 0.2) is 10.6 Å². The molecule has 0 spiro atoms. The molecule has 1 unspecified atom stereocenters. The number of amides is 1. The van der Waals surface area contributed by atoms with Gasteiger partial charge in [-0.25, -0.2) is 4.98 Å². The average Bonchev–Trinajstić information content (AvgIpc) is 3.30. The van der Waals surface area contributed by atoms with E-state index in [1.54, 1.807) is 48.2 Å². The van der Waals surface area contributed by atoms with Crippen molar-refractivity contribution in [2.24, 2.45) is 0 Å². The molecule has 0 aliphatic carbocycles. The number of nitrogens with zero attached hydrogens (tertiary/aromatic N) is 3. The number of rotatable bonds is 2. The SMILES string of the molecule is Cc1ccc2oc3c(c(=O)c2c1)C(c1ccncc1)N(c1nccs1)C3=O. The Morgan fingerprint density at radius 3 is 2.67 bits per heavy atom. The number of aryl methyl sites for hydroxylation is 1. The average molecular weight is 375 g/mol. The maximum Gasteiger partial charge on any atom is 0.297 e. The predicted molar refractivity (Wildman–Crippen MR) is 102 cm³/mol. The molecule has 132 valence electrons. The van der Waals surface area contributed by atoms with Crippen LogP contribution in [-0.4, -0.2) is 15.9 Å². The van der Waals surface area contributed by atoms with Crippen LogP contribution in [0.15, 0.2) is 63.5 Å². The van der Waals surface area contributed by atoms with Gasteiger partial charge in [0, 0.05) is 24.0 Å². The molecule has 1 aromatic carbocycles. The quantitative estimate of drug-likeness (QED) is 0.534. The number of carbonyl (C=O) groups is 1. The first-order valence-electron chi connectivity index (χ1n) is 8.35. The number of pyridine rings is 1. The fourth-order valence-corrected chi connectivity index (χ4v) is 4.15. The number of fused-ring (bicyclic) bond motifs is 2. The second-order valence-electron chi connectivity index (χ2n) is 6.35. The lowest BCUT2D eigenvalue weighted by Gasteiger charge is -2.22. The standard InChI is InChI=1S/C20H13N3O3S/c1-11-2-3-14-13(10-11)17(24)15-16(12-4-6-21-7-5-12)23(19(25)18(15)26-14)20-22-8-9-27-20/h2-10,16H,1H3. The Morgan fingerprint density at radius 2 is 1.93 bits per heavy atom. The third-order valence-corrected chi connectivity index (χ3v) is 5.44. The van der Waals surface area contributed by atoms with Crippen molar-refractivity contribution >= 4 is 33.3 Å². The maximum absolute atomic E-state index is 13.3. The van der Waals surface area contributed by atoms with E-state index in [0.717, 1.165) is 11.1 Å². The summed E-state index contributed by atoms with van der Waals surface area (Å²) in [4.78, 5) is 36.4. The zero-order valence-electron chi connectivity index (χ0n) is 14.2. The summed E-state index contributed by atoms with van der Waals surface area (Å²) in [6.07, 6.45) is 4.92. The van der Waals surface area contributed by atoms with Gasteiger partial charge in [0.05, 0.1) is 17.0 Å². The number of hydrogen-bond donors (Lipinski definition) is 0. The molecule has 0 saturated carbocycles. The van der Waals surface area contributed by atoms with Gasteiger partial charge >= 0.3 is 0 Å². The summed E-state index contributed by atoms with van der Waals surface area (Å²) in [5.74, 6) is -0.283. The third kappa shape index (κ3) is 2.32. The number of carbonyl (C=O) groups excluding carboxylic acids is 1. The van der Waals surface area contributed by atoms with Gasteiger partial charge in [-0.15, -0.1) is 11.3 Å². The first-order chi connectivity index (χ1) is 13.1. The number of thiazole rings is 1. The van der Waals surface area contributed by atoms with Gasteiger partial charge in [0.25, 0.3) is 5.91 Å². The summed E-state index contributed by atoms with van der Waals surface area (Å²) >= 11 is 1.34. The zero-order chi connectivity index (χ0) is 18.5. The minimum absolute atomic E-state index is 0.0772. The molecule has 0 N–H and O–H groups in total. The highest BCUT2D eigenvalue weighted by Crippen LogP contribution is 2.41. The van der Waals surface area contributed by atoms with Crippen LogP contribution in [0.4, 0.5) is 5.13 Å². The van der Waals surface area contributed by atoms with E-state index in [0.29, 0.717) is 21.7 Å². The summed E-state index contributed by atoms with van der Waals surface area (Å²) in [6.45, 7) is 1.92. The van der Waals surface area contributed by atoms with Crippen molar-refractivity contribution in [3.63, 3.8) is 0 Å². The van der Waals surface area contributed by atoms with Gasteiger partial charge in [-0.05, 0) is 36.8 Å². The molecule has 1 atom stereocenters. The van der Waals surface area contributed by atoms with E-state index in [2.05, 4.69) is 9.97 Å². The van der Waals surface area contributed by atoms with Crippen LogP contribution >= 0.6 is 11.3 Å². The summed E-state index contributed by atoms with van der Waals surface area (Å²) < 4.78 is 5.90. The van der Waals surface area contributed by atoms with Crippen LogP contribution < -0.4 is 10.3 Å². The Labute approximate surface area is 157 Å². The molecule has 4 heterocycles. The molecule has 1 aliphatic heterocycles. The Balaban J connectivity index is 1.85. The lowest BCUT2D eigenvalue weighted by Crippen LogP contribution is -2.29. The molecule has 0 fully saturated rings. The Hall–Kier alpha value is -3.32. The first kappa shape index (κ1) is 15.9. The van der Waals surface area contributed by atoms with Gasteiger partial charge < -0.3 is 4.42 Å². The number of benzene rings is 1. The highest BCUT2D eigenvalue weighted by atomic mass is 32.1. The topological polar surface area (TPSA) is 76.3 Å². The summed E-state index contributed by atoms with van der Waals surface area (Å²) in [7, 11) is 0. The van der Waals surface area contributed by atoms with E-state index in [1.807, 2.05) is 13.0 Å². The fraction of sp³-hybridized carbons (Fsp3) is 0.100. The molecule has 27 heavy (non-hydrogen) atoms. The van der Waals surface area contributed by atoms with Crippen molar-refractivity contribution in [2.45, 2.75) is 13.0 Å². The van der Waals surface area contributed by atoms with E-state index in [4.69, 9.17) is 4.42 Å². The molecule has 6 nitrogen and oxygen atoms in total. The van der Waals surface area contributed by atoms with Crippen molar-refractivity contribution < 1.29 is 9.21 Å². The maximum atomic E-state index is 13.3. The van der Waals surface area contributed by atoms with E-state index in [-0.39, 0.29) is 17.1 Å². The molecule has 5 rings (SSSR count). The summed E-state index contributed by atoms with van der Waals surface area (Å²) in [5.41, 5.74) is 2.30. The highest BCUT2D eigenvalue weighted by Gasteiger charge is 2.44. The molecular weight excluding hydrogens is 362 g/mol. The molecule has 1 aliphatic rings. The molecule has 3 aromatic heterocycles. The van der Waals surface area contributed by atoms with Crippen LogP contribution in [0, 0.1) is 6.92 Å². The van der Waals surface area contributed by atoms with Gasteiger partial charge in [-0.2, -0.15) is 0 Å². The van der Waals surface area contributed by atoms with Gasteiger partial charge in [-0.1, -0.05) is 11.6 Å². The molecular formula is C20H13N3O3S. The molecule has 4 aromatic rings. The van der Waals surface area contributed by atoms with Crippen LogP contribution in [0.5, 0.6) is 0 Å². The van der Waals surface area contributed by atoms with E-state index in [1.165, 1.54) is 16.2 Å². The fourth-order valence-electron chi connectivity index (χ4n) is 3.48. The molecule has 1 amide bonds. The smallest absolute Gasteiger partial charge is 0.297 e. The van der Waals surface area contributed by atoms with Crippen molar-refractivity contribution in [1.82, 2.24) is 9.97 Å². The monoisotopic (exact) mass is 375 g/mol. The zero-order valence-corrected chi connectivity index (χ0v) is 15.1. The van der Waals surface area contributed by atoms with Crippen molar-refractivity contribution in [3.05, 3.63) is 87.0 Å². The number of aromatic nitrogens is 2. The largest absolute Gasteiger partial charge is 0.450 e. The minimum atomic E-state index is -0.595. The van der Waals surface area contributed by atoms with Crippen LogP contribution in [0.3, 0.4) is 0 Å². The number of hydrogen-bond acceptors (Lipinski definition) is 6. The lowest BCUT2D eigenvalue weighted by molar-refractivity contribution is 0.0971. The Kier molecular flexibility index (Phi) is 3.45. The summed E-state index contributed by atoms with van der Waals surface area (Å²) in [6, 6.07) is 8.38. The van der Waals surface area contributed by atoms with E-state index >= 15 is 0 Å². The molecule has 0 bridgehead atoms. The Morgan fingerprint density at radius 1 is 1.11 bits per heavy atom. The molecule has 0 saturated heterocycles. The van der Waals surface area contributed by atoms with E-state index in [9.17, 15) is 9.59 Å². The Bertz CT molecular complexity index is 1230. The van der Waals surface area contributed by atoms with Crippen molar-refractivity contribution in [1.29, 1.82) is 0 Å². The van der Waals surface area contributed by atoms with Crippen molar-refractivity contribution in [2.75, 3.05) is 4.90 Å². The lowest BCUT2D eigenvalue weighted by atomic mass is 9.99. The summed E-state index contributed by atoms with van der Waals surface area (Å²) in [5, 5.41) is 2.79. The van der Waals surface area contributed by atoms with Gasteiger partial charge in [0.2, 0.25) is 5.76 Å².